The SMILES string of the molecule is CON(C)S(=O)(=O)c1cc(C(=O)OCCOc2ccc(C)cc2)ccc1Cl. The Bertz CT molecular complexity index is 899. The molecule has 0 spiro atoms. The summed E-state index contributed by atoms with van der Waals surface area (Å²) in [6.07, 6.45) is 0. The summed E-state index contributed by atoms with van der Waals surface area (Å²) in [4.78, 5) is 16.6. The number of carbonyl (C=O) groups excluding carboxylic acids is 1. The van der Waals surface area contributed by atoms with Crippen LogP contribution >= 0.6 is 11.6 Å². The second-order valence-electron chi connectivity index (χ2n) is 5.54. The molecule has 27 heavy (non-hydrogen) atoms. The number of esters is 1. The fourth-order valence-electron chi connectivity index (χ4n) is 2.08. The van der Waals surface area contributed by atoms with E-state index in [1.54, 1.807) is 0 Å². The van der Waals surface area contributed by atoms with Gasteiger partial charge in [-0.1, -0.05) is 33.8 Å². The van der Waals surface area contributed by atoms with Crippen LogP contribution in [0.5, 0.6) is 5.75 Å². The highest BCUT2D eigenvalue weighted by Gasteiger charge is 2.25. The van der Waals surface area contributed by atoms with Gasteiger partial charge in [0.1, 0.15) is 23.9 Å². The topological polar surface area (TPSA) is 82.1 Å². The molecule has 146 valence electrons. The van der Waals surface area contributed by atoms with Gasteiger partial charge in [-0.15, -0.1) is 0 Å². The summed E-state index contributed by atoms with van der Waals surface area (Å²) in [5, 5.41) is -0.0295. The van der Waals surface area contributed by atoms with Crippen molar-refractivity contribution in [3.63, 3.8) is 0 Å². The van der Waals surface area contributed by atoms with Gasteiger partial charge in [0, 0.05) is 7.05 Å². The number of hydrogen-bond acceptors (Lipinski definition) is 6. The molecule has 2 rings (SSSR count). The number of rotatable bonds is 8. The Labute approximate surface area is 163 Å². The Morgan fingerprint density at radius 3 is 2.41 bits per heavy atom. The average molecular weight is 414 g/mol. The van der Waals surface area contributed by atoms with Crippen LogP contribution in [0.3, 0.4) is 0 Å². The number of sulfonamides is 1. The fourth-order valence-corrected chi connectivity index (χ4v) is 3.55. The van der Waals surface area contributed by atoms with Crippen LogP contribution in [0.15, 0.2) is 47.4 Å². The van der Waals surface area contributed by atoms with Crippen LogP contribution in [0.25, 0.3) is 0 Å². The van der Waals surface area contributed by atoms with Crippen LogP contribution in [0.1, 0.15) is 15.9 Å². The third kappa shape index (κ3) is 5.43. The molecule has 7 nitrogen and oxygen atoms in total. The summed E-state index contributed by atoms with van der Waals surface area (Å²) in [7, 11) is -1.57. The van der Waals surface area contributed by atoms with E-state index in [-0.39, 0.29) is 28.7 Å². The molecule has 0 atom stereocenters. The van der Waals surface area contributed by atoms with Gasteiger partial charge >= 0.3 is 5.97 Å². The van der Waals surface area contributed by atoms with Crippen LogP contribution in [0.2, 0.25) is 5.02 Å². The molecule has 2 aromatic rings. The first-order valence-electron chi connectivity index (χ1n) is 7.95. The molecule has 0 saturated heterocycles. The van der Waals surface area contributed by atoms with E-state index in [1.807, 2.05) is 31.2 Å². The molecule has 0 heterocycles. The molecule has 0 aliphatic carbocycles. The first-order valence-corrected chi connectivity index (χ1v) is 9.76. The predicted molar refractivity (Wildman–Crippen MR) is 100 cm³/mol. The van der Waals surface area contributed by atoms with E-state index in [4.69, 9.17) is 25.9 Å². The minimum absolute atomic E-state index is 0.00932. The lowest BCUT2D eigenvalue weighted by molar-refractivity contribution is -0.0258. The second-order valence-corrected chi connectivity index (χ2v) is 7.85. The van der Waals surface area contributed by atoms with Gasteiger partial charge < -0.3 is 9.47 Å². The molecule has 0 N–H and O–H groups in total. The zero-order valence-corrected chi connectivity index (χ0v) is 16.7. The van der Waals surface area contributed by atoms with Crippen LogP contribution < -0.4 is 4.74 Å². The molecule has 0 unspecified atom stereocenters. The number of hydrogen-bond donors (Lipinski definition) is 0. The van der Waals surface area contributed by atoms with Gasteiger partial charge in [0.15, 0.2) is 0 Å². The van der Waals surface area contributed by atoms with Gasteiger partial charge in [0.25, 0.3) is 10.0 Å². The van der Waals surface area contributed by atoms with Gasteiger partial charge in [-0.25, -0.2) is 13.2 Å². The molecule has 0 aromatic heterocycles. The van der Waals surface area contributed by atoms with E-state index >= 15 is 0 Å². The van der Waals surface area contributed by atoms with Gasteiger partial charge in [0.05, 0.1) is 17.7 Å². The number of halogens is 1. The normalized spacial score (nSPS) is 11.4. The predicted octanol–water partition coefficient (Wildman–Crippen LogP) is 3.07. The van der Waals surface area contributed by atoms with E-state index in [0.29, 0.717) is 10.2 Å². The van der Waals surface area contributed by atoms with Crippen molar-refractivity contribution < 1.29 is 27.5 Å². The van der Waals surface area contributed by atoms with Crippen molar-refractivity contribution in [2.45, 2.75) is 11.8 Å². The molecule has 0 radical (unpaired) electrons. The highest BCUT2D eigenvalue weighted by atomic mass is 35.5. The van der Waals surface area contributed by atoms with Crippen molar-refractivity contribution in [3.05, 3.63) is 58.6 Å². The number of carbonyl (C=O) groups is 1. The zero-order chi connectivity index (χ0) is 20.0. The number of hydroxylamine groups is 1. The Morgan fingerprint density at radius 2 is 1.78 bits per heavy atom. The van der Waals surface area contributed by atoms with Crippen molar-refractivity contribution in [1.82, 2.24) is 4.47 Å². The third-order valence-corrected chi connectivity index (χ3v) is 5.81. The second kappa shape index (κ2) is 9.18. The number of nitrogens with zero attached hydrogens (tertiary/aromatic N) is 1. The lowest BCUT2D eigenvalue weighted by atomic mass is 10.2. The first kappa shape index (κ1) is 21.2. The maximum absolute atomic E-state index is 12.3. The smallest absolute Gasteiger partial charge is 0.338 e. The van der Waals surface area contributed by atoms with Gasteiger partial charge in [-0.3, -0.25) is 4.84 Å². The number of ether oxygens (including phenoxy) is 2. The van der Waals surface area contributed by atoms with Gasteiger partial charge in [-0.05, 0) is 37.3 Å². The Hall–Kier alpha value is -2.13. The molecule has 0 saturated carbocycles. The fraction of sp³-hybridized carbons (Fsp3) is 0.278. The maximum Gasteiger partial charge on any atom is 0.338 e. The highest BCUT2D eigenvalue weighted by Crippen LogP contribution is 2.25. The minimum Gasteiger partial charge on any atom is -0.490 e. The van der Waals surface area contributed by atoms with E-state index in [9.17, 15) is 13.2 Å². The number of aryl methyl sites for hydroxylation is 1. The lowest BCUT2D eigenvalue weighted by Crippen LogP contribution is -2.26. The Kier molecular flexibility index (Phi) is 7.20. The molecular weight excluding hydrogens is 394 g/mol. The first-order chi connectivity index (χ1) is 12.8. The van der Waals surface area contributed by atoms with Crippen LogP contribution in [0, 0.1) is 6.92 Å². The highest BCUT2D eigenvalue weighted by molar-refractivity contribution is 7.89. The van der Waals surface area contributed by atoms with E-state index < -0.39 is 16.0 Å². The number of benzene rings is 2. The molecule has 0 amide bonds. The van der Waals surface area contributed by atoms with E-state index in [0.717, 1.165) is 11.6 Å². The quantitative estimate of drug-likeness (QED) is 0.376. The average Bonchev–Trinajstić information content (AvgIpc) is 2.65. The third-order valence-electron chi connectivity index (χ3n) is 3.65. The summed E-state index contributed by atoms with van der Waals surface area (Å²) < 4.78 is 35.9. The Morgan fingerprint density at radius 1 is 1.11 bits per heavy atom. The van der Waals surface area contributed by atoms with Crippen LogP contribution in [0.4, 0.5) is 0 Å². The van der Waals surface area contributed by atoms with Gasteiger partial charge in [0.2, 0.25) is 0 Å². The molecule has 0 aliphatic heterocycles. The molecule has 9 heteroatoms. The monoisotopic (exact) mass is 413 g/mol. The lowest BCUT2D eigenvalue weighted by Gasteiger charge is -2.15. The maximum atomic E-state index is 12.3. The summed E-state index contributed by atoms with van der Waals surface area (Å²) in [6.45, 7) is 2.14. The molecule has 0 bridgehead atoms. The van der Waals surface area contributed by atoms with Crippen LogP contribution in [-0.4, -0.2) is 46.2 Å². The minimum atomic E-state index is -3.99. The van der Waals surface area contributed by atoms with E-state index in [1.165, 1.54) is 26.3 Å². The largest absolute Gasteiger partial charge is 0.490 e. The summed E-state index contributed by atoms with van der Waals surface area (Å²) in [5.41, 5.74) is 1.17. The summed E-state index contributed by atoms with van der Waals surface area (Å²) >= 11 is 5.96. The van der Waals surface area contributed by atoms with Crippen molar-refractivity contribution in [2.24, 2.45) is 0 Å². The zero-order valence-electron chi connectivity index (χ0n) is 15.1. The molecule has 0 fully saturated rings. The molecule has 0 aliphatic rings. The molecule has 2 aromatic carbocycles. The van der Waals surface area contributed by atoms with Crippen molar-refractivity contribution in [1.29, 1.82) is 0 Å². The van der Waals surface area contributed by atoms with Crippen molar-refractivity contribution in [2.75, 3.05) is 27.4 Å². The van der Waals surface area contributed by atoms with Crippen molar-refractivity contribution >= 4 is 27.6 Å². The standard InChI is InChI=1S/C18H20ClNO6S/c1-13-4-7-15(8-5-13)25-10-11-26-18(21)14-6-9-16(19)17(12-14)27(22,23)20(2)24-3/h4-9,12H,10-11H2,1-3H3. The van der Waals surface area contributed by atoms with Gasteiger partial charge in [-0.2, -0.15) is 0 Å². The van der Waals surface area contributed by atoms with E-state index in [2.05, 4.69) is 0 Å². The Balaban J connectivity index is 2.00. The summed E-state index contributed by atoms with van der Waals surface area (Å²) in [6, 6.07) is 11.3. The van der Waals surface area contributed by atoms with Crippen LogP contribution in [-0.2, 0) is 19.6 Å². The summed E-state index contributed by atoms with van der Waals surface area (Å²) in [5.74, 6) is -0.0187. The van der Waals surface area contributed by atoms with Crippen molar-refractivity contribution in [3.8, 4) is 5.75 Å². The molecular formula is C18H20ClNO6S.